The van der Waals surface area contributed by atoms with Crippen molar-refractivity contribution in [1.29, 1.82) is 5.26 Å². The second kappa shape index (κ2) is 12.6. The minimum atomic E-state index is -3.91. The molecule has 1 amide bonds. The fourth-order valence-electron chi connectivity index (χ4n) is 4.06. The number of carbonyl (C=O) groups is 1. The van der Waals surface area contributed by atoms with Crippen molar-refractivity contribution in [3.05, 3.63) is 115 Å². The lowest BCUT2D eigenvalue weighted by atomic mass is 9.99. The van der Waals surface area contributed by atoms with Crippen molar-refractivity contribution in [1.82, 2.24) is 15.0 Å². The van der Waals surface area contributed by atoms with Crippen LogP contribution in [0.1, 0.15) is 11.3 Å². The van der Waals surface area contributed by atoms with E-state index >= 15 is 0 Å². The molecule has 0 atom stereocenters. The van der Waals surface area contributed by atoms with E-state index in [1.165, 1.54) is 30.5 Å². The van der Waals surface area contributed by atoms with Gasteiger partial charge in [0.25, 0.3) is 10.0 Å². The van der Waals surface area contributed by atoms with Crippen LogP contribution in [0.15, 0.2) is 113 Å². The van der Waals surface area contributed by atoms with Gasteiger partial charge in [-0.1, -0.05) is 72.4 Å². The summed E-state index contributed by atoms with van der Waals surface area (Å²) in [5.74, 6) is -0.374. The van der Waals surface area contributed by atoms with Crippen LogP contribution in [-0.2, 0) is 14.8 Å². The first-order chi connectivity index (χ1) is 20.3. The third-order valence-corrected chi connectivity index (χ3v) is 8.38. The van der Waals surface area contributed by atoms with Crippen LogP contribution in [0.5, 0.6) is 0 Å². The van der Waals surface area contributed by atoms with Gasteiger partial charge in [0.15, 0.2) is 0 Å². The molecule has 11 heteroatoms. The molecule has 5 rings (SSSR count). The number of carbonyl (C=O) groups excluding carboxylic acids is 1. The maximum atomic E-state index is 12.9. The summed E-state index contributed by atoms with van der Waals surface area (Å²) < 4.78 is 27.8. The third kappa shape index (κ3) is 6.80. The van der Waals surface area contributed by atoms with E-state index in [0.717, 1.165) is 28.5 Å². The summed E-state index contributed by atoms with van der Waals surface area (Å²) in [4.78, 5) is 25.6. The van der Waals surface area contributed by atoms with Gasteiger partial charge in [0, 0.05) is 28.7 Å². The number of benzene rings is 3. The first kappa shape index (κ1) is 28.5. The van der Waals surface area contributed by atoms with Gasteiger partial charge in [-0.2, -0.15) is 5.26 Å². The molecule has 2 N–H and O–H groups in total. The van der Waals surface area contributed by atoms with Crippen LogP contribution in [0, 0.1) is 18.3 Å². The van der Waals surface area contributed by atoms with Gasteiger partial charge in [0.2, 0.25) is 11.9 Å². The van der Waals surface area contributed by atoms with Crippen molar-refractivity contribution < 1.29 is 13.2 Å². The summed E-state index contributed by atoms with van der Waals surface area (Å²) in [6.45, 7) is 1.73. The van der Waals surface area contributed by atoms with Crippen molar-refractivity contribution in [2.24, 2.45) is 0 Å². The van der Waals surface area contributed by atoms with Crippen LogP contribution >= 0.6 is 11.8 Å². The molecule has 0 unspecified atom stereocenters. The topological polar surface area (TPSA) is 138 Å². The van der Waals surface area contributed by atoms with Gasteiger partial charge in [-0.05, 0) is 48.9 Å². The molecule has 3 aromatic carbocycles. The number of pyridine rings is 1. The minimum absolute atomic E-state index is 0.00555. The highest BCUT2D eigenvalue weighted by molar-refractivity contribution is 8.00. The fourth-order valence-corrected chi connectivity index (χ4v) is 5.82. The molecule has 0 saturated carbocycles. The summed E-state index contributed by atoms with van der Waals surface area (Å²) >= 11 is 1.16. The maximum Gasteiger partial charge on any atom is 0.264 e. The lowest BCUT2D eigenvalue weighted by Gasteiger charge is -2.13. The highest BCUT2D eigenvalue weighted by Crippen LogP contribution is 2.34. The molecule has 0 saturated heterocycles. The molecule has 0 aliphatic carbocycles. The van der Waals surface area contributed by atoms with Crippen molar-refractivity contribution in [3.8, 4) is 28.5 Å². The molecule has 5 aromatic rings. The number of sulfonamides is 1. The highest BCUT2D eigenvalue weighted by Gasteiger charge is 2.18. The van der Waals surface area contributed by atoms with E-state index in [0.29, 0.717) is 27.7 Å². The summed E-state index contributed by atoms with van der Waals surface area (Å²) in [6, 6.07) is 30.8. The van der Waals surface area contributed by atoms with Crippen LogP contribution in [-0.4, -0.2) is 35.0 Å². The van der Waals surface area contributed by atoms with E-state index in [2.05, 4.69) is 26.1 Å². The number of thioether (sulfide) groups is 1. The molecule has 0 fully saturated rings. The van der Waals surface area contributed by atoms with E-state index in [1.807, 2.05) is 66.7 Å². The molecule has 0 aliphatic heterocycles. The van der Waals surface area contributed by atoms with E-state index in [1.54, 1.807) is 13.0 Å². The van der Waals surface area contributed by atoms with Crippen LogP contribution in [0.4, 0.5) is 11.6 Å². The van der Waals surface area contributed by atoms with E-state index in [9.17, 15) is 18.5 Å². The van der Waals surface area contributed by atoms with Gasteiger partial charge in [0.05, 0.1) is 21.9 Å². The van der Waals surface area contributed by atoms with E-state index in [4.69, 9.17) is 4.98 Å². The van der Waals surface area contributed by atoms with Gasteiger partial charge in [-0.3, -0.25) is 4.79 Å². The molecule has 2 aromatic heterocycles. The Morgan fingerprint density at radius 2 is 1.57 bits per heavy atom. The predicted molar refractivity (Wildman–Crippen MR) is 163 cm³/mol. The van der Waals surface area contributed by atoms with E-state index in [-0.39, 0.29) is 22.5 Å². The highest BCUT2D eigenvalue weighted by atomic mass is 32.2. The second-order valence-electron chi connectivity index (χ2n) is 9.07. The summed E-state index contributed by atoms with van der Waals surface area (Å²) in [6.07, 6.45) is 1.46. The van der Waals surface area contributed by atoms with Gasteiger partial charge in [0.1, 0.15) is 11.1 Å². The zero-order chi connectivity index (χ0) is 29.5. The molecule has 0 spiro atoms. The average Bonchev–Trinajstić information content (AvgIpc) is 3.00. The van der Waals surface area contributed by atoms with Gasteiger partial charge in [-0.15, -0.1) is 0 Å². The SMILES string of the molecule is Cc1ccnc(NS(=O)(=O)c2ccc(NC(=O)CSc3nc(-c4ccccc4)cc(-c4ccccc4)c3C#N)cc2)n1. The lowest BCUT2D eigenvalue weighted by Crippen LogP contribution is -2.16. The van der Waals surface area contributed by atoms with Crippen molar-refractivity contribution in [2.75, 3.05) is 15.8 Å². The Morgan fingerprint density at radius 1 is 0.905 bits per heavy atom. The molecular weight excluding hydrogens is 569 g/mol. The first-order valence-corrected chi connectivity index (χ1v) is 15.2. The lowest BCUT2D eigenvalue weighted by molar-refractivity contribution is -0.113. The second-order valence-corrected chi connectivity index (χ2v) is 11.7. The number of nitriles is 1. The monoisotopic (exact) mass is 592 g/mol. The maximum absolute atomic E-state index is 12.9. The summed E-state index contributed by atoms with van der Waals surface area (Å²) in [5.41, 5.74) is 4.62. The van der Waals surface area contributed by atoms with Crippen LogP contribution in [0.3, 0.4) is 0 Å². The normalized spacial score (nSPS) is 11.0. The Kier molecular flexibility index (Phi) is 8.57. The average molecular weight is 593 g/mol. The number of amides is 1. The van der Waals surface area contributed by atoms with Crippen LogP contribution in [0.2, 0.25) is 0 Å². The number of aryl methyl sites for hydroxylation is 1. The molecule has 42 heavy (non-hydrogen) atoms. The first-order valence-electron chi connectivity index (χ1n) is 12.7. The molecule has 0 bridgehead atoms. The number of aromatic nitrogens is 3. The molecular formula is C31H24N6O3S2. The largest absolute Gasteiger partial charge is 0.325 e. The number of nitrogens with zero attached hydrogens (tertiary/aromatic N) is 4. The van der Waals surface area contributed by atoms with Crippen molar-refractivity contribution in [2.45, 2.75) is 16.8 Å². The van der Waals surface area contributed by atoms with E-state index < -0.39 is 10.0 Å². The molecule has 2 heterocycles. The smallest absolute Gasteiger partial charge is 0.264 e. The van der Waals surface area contributed by atoms with Crippen LogP contribution in [0.25, 0.3) is 22.4 Å². The third-order valence-electron chi connectivity index (χ3n) is 6.06. The quantitative estimate of drug-likeness (QED) is 0.201. The summed E-state index contributed by atoms with van der Waals surface area (Å²) in [5, 5.41) is 13.3. The van der Waals surface area contributed by atoms with Crippen molar-refractivity contribution in [3.63, 3.8) is 0 Å². The standard InChI is InChI=1S/C31H24N6O3S2/c1-21-16-17-33-31(34-21)37-42(39,40)25-14-12-24(13-15-25)35-29(38)20-41-30-27(19-32)26(22-8-4-2-5-9-22)18-28(36-30)23-10-6-3-7-11-23/h2-18H,20H2,1H3,(H,35,38)(H,33,34,37). The zero-order valence-corrected chi connectivity index (χ0v) is 24.0. The Balaban J connectivity index is 1.32. The Bertz CT molecular complexity index is 1880. The summed E-state index contributed by atoms with van der Waals surface area (Å²) in [7, 11) is -3.91. The fraction of sp³-hybridized carbons (Fsp3) is 0.0645. The van der Waals surface area contributed by atoms with Crippen LogP contribution < -0.4 is 10.0 Å². The molecule has 9 nitrogen and oxygen atoms in total. The number of rotatable bonds is 9. The van der Waals surface area contributed by atoms with Gasteiger partial charge >= 0.3 is 0 Å². The minimum Gasteiger partial charge on any atom is -0.325 e. The molecule has 208 valence electrons. The Hall–Kier alpha value is -5.05. The zero-order valence-electron chi connectivity index (χ0n) is 22.4. The number of nitrogens with one attached hydrogen (secondary N) is 2. The number of hydrogen-bond donors (Lipinski definition) is 2. The molecule has 0 radical (unpaired) electrons. The van der Waals surface area contributed by atoms with Gasteiger partial charge < -0.3 is 5.32 Å². The Labute approximate surface area is 247 Å². The molecule has 0 aliphatic rings. The number of anilines is 2. The number of hydrogen-bond acceptors (Lipinski definition) is 8. The van der Waals surface area contributed by atoms with Gasteiger partial charge in [-0.25, -0.2) is 28.1 Å². The van der Waals surface area contributed by atoms with Crippen molar-refractivity contribution >= 4 is 39.3 Å². The Morgan fingerprint density at radius 3 is 2.21 bits per heavy atom. The predicted octanol–water partition coefficient (Wildman–Crippen LogP) is 5.92.